The molecule has 0 aromatic heterocycles. The molecule has 1 aliphatic rings. The van der Waals surface area contributed by atoms with Crippen LogP contribution in [0.4, 0.5) is 15.3 Å². The predicted molar refractivity (Wildman–Crippen MR) is 102 cm³/mol. The molecule has 2 rings (SSSR count). The molecule has 0 saturated carbocycles. The number of non-ortho nitro benzene ring substituents is 1. The van der Waals surface area contributed by atoms with Gasteiger partial charge >= 0.3 is 18.1 Å². The Morgan fingerprint density at radius 1 is 1.17 bits per heavy atom. The summed E-state index contributed by atoms with van der Waals surface area (Å²) in [4.78, 5) is 49.4. The zero-order valence-corrected chi connectivity index (χ0v) is 16.8. The van der Waals surface area contributed by atoms with Gasteiger partial charge in [-0.25, -0.2) is 19.3 Å². The minimum atomic E-state index is -1.25. The summed E-state index contributed by atoms with van der Waals surface area (Å²) in [6, 6.07) is 3.31. The van der Waals surface area contributed by atoms with Crippen molar-refractivity contribution in [1.29, 1.82) is 0 Å². The molecular weight excluding hydrogens is 382 g/mol. The van der Waals surface area contributed by atoms with Crippen molar-refractivity contribution in [1.82, 2.24) is 10.2 Å². The fraction of sp³-hybridized carbons (Fsp3) is 0.421. The summed E-state index contributed by atoms with van der Waals surface area (Å²) < 4.78 is 10.4. The number of allylic oxidation sites excluding steroid dienone is 1. The lowest BCUT2D eigenvalue weighted by atomic mass is 9.93. The van der Waals surface area contributed by atoms with Crippen LogP contribution < -0.4 is 5.32 Å². The SMILES string of the molecule is CC1=C(C(=O)OC(C)C)[C@H](c2cccc([N+](=O)[O-])c2)N(C(=O)OC(C)C)C(=O)N1. The van der Waals surface area contributed by atoms with E-state index < -0.39 is 41.3 Å². The number of imide groups is 1. The Labute approximate surface area is 167 Å². The van der Waals surface area contributed by atoms with E-state index >= 15 is 0 Å². The van der Waals surface area contributed by atoms with Crippen LogP contribution in [-0.2, 0) is 14.3 Å². The molecule has 0 radical (unpaired) electrons. The van der Waals surface area contributed by atoms with Gasteiger partial charge in [-0.3, -0.25) is 10.1 Å². The van der Waals surface area contributed by atoms with Crippen LogP contribution >= 0.6 is 0 Å². The van der Waals surface area contributed by atoms with E-state index in [1.807, 2.05) is 0 Å². The molecule has 0 fully saturated rings. The van der Waals surface area contributed by atoms with Gasteiger partial charge < -0.3 is 14.8 Å². The molecule has 1 N–H and O–H groups in total. The fourth-order valence-electron chi connectivity index (χ4n) is 2.85. The van der Waals surface area contributed by atoms with Gasteiger partial charge in [0.25, 0.3) is 5.69 Å². The molecule has 1 heterocycles. The zero-order chi connectivity index (χ0) is 21.9. The summed E-state index contributed by atoms with van der Waals surface area (Å²) in [5, 5.41) is 13.7. The molecular formula is C19H23N3O7. The highest BCUT2D eigenvalue weighted by molar-refractivity contribution is 6.00. The highest BCUT2D eigenvalue weighted by Gasteiger charge is 2.43. The van der Waals surface area contributed by atoms with Crippen LogP contribution in [0.15, 0.2) is 35.5 Å². The van der Waals surface area contributed by atoms with Crippen molar-refractivity contribution in [3.05, 3.63) is 51.2 Å². The van der Waals surface area contributed by atoms with Gasteiger partial charge in [-0.15, -0.1) is 0 Å². The summed E-state index contributed by atoms with van der Waals surface area (Å²) in [5.74, 6) is -0.753. The van der Waals surface area contributed by atoms with Crippen LogP contribution in [-0.4, -0.2) is 40.1 Å². The van der Waals surface area contributed by atoms with Crippen LogP contribution in [0.25, 0.3) is 0 Å². The Morgan fingerprint density at radius 3 is 2.34 bits per heavy atom. The molecule has 10 heteroatoms. The Kier molecular flexibility index (Phi) is 6.57. The van der Waals surface area contributed by atoms with Crippen LogP contribution in [0.3, 0.4) is 0 Å². The third kappa shape index (κ3) is 4.89. The number of carbonyl (C=O) groups excluding carboxylic acids is 3. The smallest absolute Gasteiger partial charge is 0.419 e. The standard InChI is InChI=1S/C19H23N3O7/c1-10(2)28-17(23)15-12(5)20-18(24)21(19(25)29-11(3)4)16(15)13-7-6-8-14(9-13)22(26)27/h6-11,16H,1-5H3,(H,20,24)/t16-/m0/s1. The van der Waals surface area contributed by atoms with E-state index in [1.54, 1.807) is 27.7 Å². The highest BCUT2D eigenvalue weighted by atomic mass is 16.6. The van der Waals surface area contributed by atoms with E-state index in [0.29, 0.717) is 0 Å². The van der Waals surface area contributed by atoms with Crippen molar-refractivity contribution < 1.29 is 28.8 Å². The van der Waals surface area contributed by atoms with Gasteiger partial charge in [0.15, 0.2) is 0 Å². The van der Waals surface area contributed by atoms with E-state index in [2.05, 4.69) is 5.32 Å². The molecule has 0 spiro atoms. The lowest BCUT2D eigenvalue weighted by Gasteiger charge is -2.36. The number of esters is 1. The second kappa shape index (κ2) is 8.72. The van der Waals surface area contributed by atoms with Gasteiger partial charge in [0.1, 0.15) is 6.04 Å². The largest absolute Gasteiger partial charge is 0.459 e. The molecule has 1 atom stereocenters. The van der Waals surface area contributed by atoms with Gasteiger partial charge in [-0.1, -0.05) is 12.1 Å². The average Bonchev–Trinajstić information content (AvgIpc) is 2.59. The molecule has 10 nitrogen and oxygen atoms in total. The monoisotopic (exact) mass is 405 g/mol. The zero-order valence-electron chi connectivity index (χ0n) is 16.8. The number of amides is 3. The van der Waals surface area contributed by atoms with Crippen LogP contribution in [0.5, 0.6) is 0 Å². The Bertz CT molecular complexity index is 876. The molecule has 1 aromatic carbocycles. The maximum Gasteiger partial charge on any atom is 0.419 e. The topological polar surface area (TPSA) is 128 Å². The van der Waals surface area contributed by atoms with E-state index in [9.17, 15) is 24.5 Å². The lowest BCUT2D eigenvalue weighted by Crippen LogP contribution is -2.52. The van der Waals surface area contributed by atoms with Crippen molar-refractivity contribution >= 4 is 23.8 Å². The number of rotatable bonds is 5. The maximum atomic E-state index is 12.8. The summed E-state index contributed by atoms with van der Waals surface area (Å²) in [6.07, 6.45) is -1.97. The number of hydrogen-bond acceptors (Lipinski definition) is 7. The molecule has 29 heavy (non-hydrogen) atoms. The second-order valence-electron chi connectivity index (χ2n) is 6.98. The van der Waals surface area contributed by atoms with Crippen LogP contribution in [0, 0.1) is 10.1 Å². The third-order valence-corrected chi connectivity index (χ3v) is 3.94. The molecule has 0 bridgehead atoms. The second-order valence-corrected chi connectivity index (χ2v) is 6.98. The van der Waals surface area contributed by atoms with Crippen molar-refractivity contribution in [2.75, 3.05) is 0 Å². The quantitative estimate of drug-likeness (QED) is 0.451. The van der Waals surface area contributed by atoms with Gasteiger partial charge in [-0.2, -0.15) is 0 Å². The van der Waals surface area contributed by atoms with Crippen LogP contribution in [0.2, 0.25) is 0 Å². The van der Waals surface area contributed by atoms with Gasteiger partial charge in [0, 0.05) is 17.8 Å². The molecule has 0 unspecified atom stereocenters. The van der Waals surface area contributed by atoms with Crippen molar-refractivity contribution in [2.45, 2.75) is 52.9 Å². The number of ether oxygens (including phenoxy) is 2. The fourth-order valence-corrected chi connectivity index (χ4v) is 2.85. The Hall–Kier alpha value is -3.43. The van der Waals surface area contributed by atoms with E-state index in [0.717, 1.165) is 4.90 Å². The van der Waals surface area contributed by atoms with Crippen molar-refractivity contribution in [2.24, 2.45) is 0 Å². The number of nitrogens with zero attached hydrogens (tertiary/aromatic N) is 2. The van der Waals surface area contributed by atoms with Crippen molar-refractivity contribution in [3.8, 4) is 0 Å². The number of benzene rings is 1. The van der Waals surface area contributed by atoms with E-state index in [1.165, 1.54) is 31.2 Å². The van der Waals surface area contributed by atoms with Gasteiger partial charge in [0.2, 0.25) is 0 Å². The first-order valence-electron chi connectivity index (χ1n) is 8.99. The number of nitro groups is 1. The summed E-state index contributed by atoms with van der Waals surface area (Å²) in [5.41, 5.74) is 0.120. The first kappa shape index (κ1) is 21.9. The van der Waals surface area contributed by atoms with Gasteiger partial charge in [0.05, 0.1) is 22.7 Å². The minimum absolute atomic E-state index is 0.0143. The Morgan fingerprint density at radius 2 is 1.79 bits per heavy atom. The normalized spacial score (nSPS) is 16.7. The van der Waals surface area contributed by atoms with E-state index in [-0.39, 0.29) is 22.5 Å². The van der Waals surface area contributed by atoms with Crippen LogP contribution in [0.1, 0.15) is 46.2 Å². The number of nitro benzene ring substituents is 1. The summed E-state index contributed by atoms with van der Waals surface area (Å²) >= 11 is 0. The lowest BCUT2D eigenvalue weighted by molar-refractivity contribution is -0.384. The number of carbonyl (C=O) groups is 3. The van der Waals surface area contributed by atoms with E-state index in [4.69, 9.17) is 9.47 Å². The van der Waals surface area contributed by atoms with Gasteiger partial charge in [-0.05, 0) is 40.2 Å². The Balaban J connectivity index is 2.66. The third-order valence-electron chi connectivity index (χ3n) is 3.94. The molecule has 156 valence electrons. The number of nitrogens with one attached hydrogen (secondary N) is 1. The summed E-state index contributed by atoms with van der Waals surface area (Å²) in [7, 11) is 0. The molecule has 3 amide bonds. The summed E-state index contributed by atoms with van der Waals surface area (Å²) in [6.45, 7) is 8.02. The average molecular weight is 405 g/mol. The molecule has 0 saturated heterocycles. The number of urea groups is 1. The molecule has 1 aromatic rings. The predicted octanol–water partition coefficient (Wildman–Crippen LogP) is 3.43. The highest BCUT2D eigenvalue weighted by Crippen LogP contribution is 2.36. The molecule has 1 aliphatic heterocycles. The number of hydrogen-bond donors (Lipinski definition) is 1. The first-order chi connectivity index (χ1) is 13.5. The minimum Gasteiger partial charge on any atom is -0.459 e. The maximum absolute atomic E-state index is 12.8. The van der Waals surface area contributed by atoms with Crippen molar-refractivity contribution in [3.63, 3.8) is 0 Å². The molecule has 0 aliphatic carbocycles. The first-order valence-corrected chi connectivity index (χ1v) is 8.99.